The average Bonchev–Trinajstić information content (AvgIpc) is 3.22. The lowest BCUT2D eigenvalue weighted by Gasteiger charge is -2.03. The van der Waals surface area contributed by atoms with E-state index in [1.165, 1.54) is 28.4 Å². The minimum atomic E-state index is -0.402. The zero-order chi connectivity index (χ0) is 20.8. The summed E-state index contributed by atoms with van der Waals surface area (Å²) in [4.78, 5) is 30.8. The van der Waals surface area contributed by atoms with Crippen LogP contribution in [-0.4, -0.2) is 21.7 Å². The summed E-state index contributed by atoms with van der Waals surface area (Å²) in [5.74, 6) is -0.402. The smallest absolute Gasteiger partial charge is 0.262 e. The number of nitrogens with zero attached hydrogens (tertiary/aromatic N) is 3. The second kappa shape index (κ2) is 9.11. The van der Waals surface area contributed by atoms with E-state index in [4.69, 9.17) is 0 Å². The van der Waals surface area contributed by atoms with Gasteiger partial charge >= 0.3 is 0 Å². The van der Waals surface area contributed by atoms with Crippen LogP contribution in [0.25, 0.3) is 26.7 Å². The van der Waals surface area contributed by atoms with Crippen LogP contribution in [0.5, 0.6) is 0 Å². The maximum atomic E-state index is 12.7. The summed E-state index contributed by atoms with van der Waals surface area (Å²) in [5.41, 5.74) is 4.23. The third-order valence-corrected chi connectivity index (χ3v) is 5.42. The van der Waals surface area contributed by atoms with Crippen molar-refractivity contribution >= 4 is 39.8 Å². The molecule has 148 valence electrons. The normalized spacial score (nSPS) is 11.5. The van der Waals surface area contributed by atoms with Crippen LogP contribution in [0.3, 0.4) is 0 Å². The Bertz CT molecular complexity index is 1280. The summed E-state index contributed by atoms with van der Waals surface area (Å²) < 4.78 is 1.29. The van der Waals surface area contributed by atoms with Crippen molar-refractivity contribution in [3.63, 3.8) is 0 Å². The third kappa shape index (κ3) is 4.59. The lowest BCUT2D eigenvalue weighted by Crippen LogP contribution is -2.29. The fraction of sp³-hybridized carbons (Fsp3) is 0.0435. The van der Waals surface area contributed by atoms with Crippen molar-refractivity contribution in [1.82, 2.24) is 15.0 Å². The van der Waals surface area contributed by atoms with Crippen LogP contribution in [0.2, 0.25) is 0 Å². The molecule has 0 fully saturated rings. The molecule has 7 heteroatoms. The van der Waals surface area contributed by atoms with Gasteiger partial charge in [-0.2, -0.15) is 5.10 Å². The second-order valence-electron chi connectivity index (χ2n) is 6.46. The van der Waals surface area contributed by atoms with Gasteiger partial charge in [-0.05, 0) is 23.3 Å². The zero-order valence-electron chi connectivity index (χ0n) is 15.9. The van der Waals surface area contributed by atoms with E-state index >= 15 is 0 Å². The number of fused-ring (bicyclic) bond motifs is 1. The number of hydrogen-bond acceptors (Lipinski definition) is 5. The van der Waals surface area contributed by atoms with E-state index in [0.29, 0.717) is 10.2 Å². The van der Waals surface area contributed by atoms with Gasteiger partial charge in [-0.15, -0.1) is 11.3 Å². The summed E-state index contributed by atoms with van der Waals surface area (Å²) in [7, 11) is 0. The van der Waals surface area contributed by atoms with Crippen molar-refractivity contribution < 1.29 is 4.79 Å². The summed E-state index contributed by atoms with van der Waals surface area (Å²) in [6, 6.07) is 21.4. The number of carbonyl (C=O) groups is 1. The van der Waals surface area contributed by atoms with Crippen molar-refractivity contribution in [2.75, 3.05) is 0 Å². The van der Waals surface area contributed by atoms with Crippen LogP contribution in [0, 0.1) is 0 Å². The Morgan fingerprint density at radius 1 is 1.10 bits per heavy atom. The Morgan fingerprint density at radius 2 is 1.83 bits per heavy atom. The first-order chi connectivity index (χ1) is 14.7. The number of aromatic nitrogens is 2. The summed E-state index contributed by atoms with van der Waals surface area (Å²) >= 11 is 1.45. The molecule has 0 bridgehead atoms. The third-order valence-electron chi connectivity index (χ3n) is 4.33. The summed E-state index contributed by atoms with van der Waals surface area (Å²) in [6.45, 7) is -0.155. The van der Waals surface area contributed by atoms with E-state index in [1.54, 1.807) is 6.08 Å². The Kier molecular flexibility index (Phi) is 5.91. The number of benzene rings is 2. The van der Waals surface area contributed by atoms with Crippen LogP contribution in [0.4, 0.5) is 0 Å². The molecule has 30 heavy (non-hydrogen) atoms. The quantitative estimate of drug-likeness (QED) is 0.384. The number of allylic oxidation sites excluding steroid dienone is 1. The number of rotatable bonds is 6. The van der Waals surface area contributed by atoms with Crippen LogP contribution < -0.4 is 11.0 Å². The predicted octanol–water partition coefficient (Wildman–Crippen LogP) is 3.94. The molecule has 0 aliphatic carbocycles. The van der Waals surface area contributed by atoms with Crippen molar-refractivity contribution in [2.45, 2.75) is 6.54 Å². The van der Waals surface area contributed by atoms with Gasteiger partial charge in [-0.1, -0.05) is 66.7 Å². The number of hydrogen-bond donors (Lipinski definition) is 1. The fourth-order valence-electron chi connectivity index (χ4n) is 2.88. The first kappa shape index (κ1) is 19.5. The monoisotopic (exact) mass is 414 g/mol. The van der Waals surface area contributed by atoms with E-state index in [1.807, 2.05) is 72.8 Å². The number of hydrazone groups is 1. The SMILES string of the molecule is O=C(Cn1cnc2sc(-c3ccccc3)cc2c1=O)N/N=C/C=C/c1ccccc1. The minimum absolute atomic E-state index is 0.155. The molecule has 6 nitrogen and oxygen atoms in total. The molecule has 1 amide bonds. The van der Waals surface area contributed by atoms with Crippen molar-refractivity contribution in [1.29, 1.82) is 0 Å². The molecular formula is C23H18N4O2S. The molecule has 0 aliphatic rings. The van der Waals surface area contributed by atoms with Crippen LogP contribution >= 0.6 is 11.3 Å². The number of carbonyl (C=O) groups excluding carboxylic acids is 1. The Hall–Kier alpha value is -3.84. The van der Waals surface area contributed by atoms with Crippen molar-refractivity contribution in [3.8, 4) is 10.4 Å². The minimum Gasteiger partial charge on any atom is -0.289 e. The predicted molar refractivity (Wildman–Crippen MR) is 121 cm³/mol. The molecule has 0 spiro atoms. The van der Waals surface area contributed by atoms with Gasteiger partial charge in [0, 0.05) is 11.1 Å². The van der Waals surface area contributed by atoms with Gasteiger partial charge in [-0.3, -0.25) is 14.2 Å². The first-order valence-electron chi connectivity index (χ1n) is 9.29. The van der Waals surface area contributed by atoms with Gasteiger partial charge in [0.1, 0.15) is 11.4 Å². The van der Waals surface area contributed by atoms with Gasteiger partial charge in [0.15, 0.2) is 0 Å². The second-order valence-corrected chi connectivity index (χ2v) is 7.49. The molecule has 4 aromatic rings. The Morgan fingerprint density at radius 3 is 2.60 bits per heavy atom. The summed E-state index contributed by atoms with van der Waals surface area (Å²) in [6.07, 6.45) is 6.49. The van der Waals surface area contributed by atoms with Crippen LogP contribution in [-0.2, 0) is 11.3 Å². The van der Waals surface area contributed by atoms with Crippen LogP contribution in [0.15, 0.2) is 89.0 Å². The molecule has 1 N–H and O–H groups in total. The number of amides is 1. The highest BCUT2D eigenvalue weighted by molar-refractivity contribution is 7.21. The largest absolute Gasteiger partial charge is 0.289 e. The van der Waals surface area contributed by atoms with E-state index < -0.39 is 5.91 Å². The topological polar surface area (TPSA) is 76.3 Å². The van der Waals surface area contributed by atoms with Gasteiger partial charge in [-0.25, -0.2) is 10.4 Å². The van der Waals surface area contributed by atoms with Crippen molar-refractivity contribution in [3.05, 3.63) is 95.1 Å². The number of thiophene rings is 1. The molecule has 0 radical (unpaired) electrons. The molecule has 4 rings (SSSR count). The molecule has 0 unspecified atom stereocenters. The highest BCUT2D eigenvalue weighted by atomic mass is 32.1. The first-order valence-corrected chi connectivity index (χ1v) is 10.1. The lowest BCUT2D eigenvalue weighted by atomic mass is 10.2. The molecule has 0 aliphatic heterocycles. The van der Waals surface area contributed by atoms with Gasteiger partial charge in [0.25, 0.3) is 11.5 Å². The standard InChI is InChI=1S/C23H18N4O2S/c28-21(26-25-13-7-10-17-8-3-1-4-9-17)15-27-16-24-22-19(23(27)29)14-20(30-22)18-11-5-2-6-12-18/h1-14,16H,15H2,(H,26,28)/b10-7+,25-13+. The average molecular weight is 414 g/mol. The molecule has 0 atom stereocenters. The van der Waals surface area contributed by atoms with E-state index in [9.17, 15) is 9.59 Å². The molecule has 2 aromatic heterocycles. The van der Waals surface area contributed by atoms with E-state index in [2.05, 4.69) is 15.5 Å². The maximum Gasteiger partial charge on any atom is 0.262 e. The van der Waals surface area contributed by atoms with Gasteiger partial charge < -0.3 is 0 Å². The Balaban J connectivity index is 1.42. The highest BCUT2D eigenvalue weighted by Crippen LogP contribution is 2.30. The molecular weight excluding hydrogens is 396 g/mol. The van der Waals surface area contributed by atoms with Crippen LogP contribution in [0.1, 0.15) is 5.56 Å². The van der Waals surface area contributed by atoms with Crippen molar-refractivity contribution in [2.24, 2.45) is 5.10 Å². The fourth-order valence-corrected chi connectivity index (χ4v) is 3.87. The molecule has 2 heterocycles. The highest BCUT2D eigenvalue weighted by Gasteiger charge is 2.12. The summed E-state index contributed by atoms with van der Waals surface area (Å²) in [5, 5.41) is 4.38. The van der Waals surface area contributed by atoms with Gasteiger partial charge in [0.2, 0.25) is 0 Å². The molecule has 2 aromatic carbocycles. The van der Waals surface area contributed by atoms with E-state index in [0.717, 1.165) is 16.0 Å². The zero-order valence-corrected chi connectivity index (χ0v) is 16.8. The Labute approximate surface area is 176 Å². The lowest BCUT2D eigenvalue weighted by molar-refractivity contribution is -0.121. The maximum absolute atomic E-state index is 12.7. The van der Waals surface area contributed by atoms with Gasteiger partial charge in [0.05, 0.1) is 11.7 Å². The van der Waals surface area contributed by atoms with E-state index in [-0.39, 0.29) is 12.1 Å². The number of nitrogens with one attached hydrogen (secondary N) is 1. The molecule has 0 saturated heterocycles. The molecule has 0 saturated carbocycles.